The zero-order valence-corrected chi connectivity index (χ0v) is 11.8. The second-order valence-electron chi connectivity index (χ2n) is 4.42. The van der Waals surface area contributed by atoms with Gasteiger partial charge in [0.1, 0.15) is 4.32 Å². The van der Waals surface area contributed by atoms with Crippen LogP contribution < -0.4 is 0 Å². The largest absolute Gasteiger partial charge is 0.340 e. The fourth-order valence-electron chi connectivity index (χ4n) is 1.69. The Morgan fingerprint density at radius 1 is 1.53 bits per heavy atom. The van der Waals surface area contributed by atoms with E-state index in [-0.39, 0.29) is 0 Å². The summed E-state index contributed by atoms with van der Waals surface area (Å²) in [6, 6.07) is 4.62. The first-order valence-corrected chi connectivity index (χ1v) is 7.11. The number of thioether (sulfide) groups is 1. The minimum Gasteiger partial charge on any atom is -0.340 e. The highest BCUT2D eigenvalue weighted by molar-refractivity contribution is 8.22. The third-order valence-electron chi connectivity index (χ3n) is 2.79. The number of hydrogen-bond donors (Lipinski definition) is 0. The number of rotatable bonds is 3. The molecule has 0 radical (unpaired) electrons. The lowest BCUT2D eigenvalue weighted by molar-refractivity contribution is 0.171. The zero-order chi connectivity index (χ0) is 12.3. The number of nitrogens with zero attached hydrogens (tertiary/aromatic N) is 3. The highest BCUT2D eigenvalue weighted by Gasteiger charge is 2.23. The molecule has 1 aromatic rings. The van der Waals surface area contributed by atoms with E-state index in [2.05, 4.69) is 34.7 Å². The van der Waals surface area contributed by atoms with Crippen LogP contribution in [0.15, 0.2) is 24.5 Å². The summed E-state index contributed by atoms with van der Waals surface area (Å²) in [4.78, 5) is 8.79. The molecule has 92 valence electrons. The van der Waals surface area contributed by atoms with Crippen LogP contribution in [0.4, 0.5) is 0 Å². The molecule has 0 aliphatic carbocycles. The molecule has 1 aliphatic rings. The first kappa shape index (κ1) is 12.8. The van der Waals surface area contributed by atoms with Gasteiger partial charge in [0.2, 0.25) is 0 Å². The van der Waals surface area contributed by atoms with Crippen molar-refractivity contribution in [2.45, 2.75) is 26.4 Å². The summed E-state index contributed by atoms with van der Waals surface area (Å²) in [5, 5.41) is 0. The third kappa shape index (κ3) is 3.40. The number of pyridine rings is 1. The molecule has 0 atom stereocenters. The second-order valence-corrected chi connectivity index (χ2v) is 6.00. The minimum absolute atomic E-state index is 0.557. The maximum absolute atomic E-state index is 5.41. The van der Waals surface area contributed by atoms with Crippen molar-refractivity contribution in [2.24, 2.45) is 0 Å². The van der Waals surface area contributed by atoms with Crippen molar-refractivity contribution in [3.05, 3.63) is 30.1 Å². The predicted molar refractivity (Wildman–Crippen MR) is 76.7 cm³/mol. The van der Waals surface area contributed by atoms with E-state index in [1.807, 2.05) is 12.3 Å². The quantitative estimate of drug-likeness (QED) is 0.782. The summed E-state index contributed by atoms with van der Waals surface area (Å²) < 4.78 is 0.991. The van der Waals surface area contributed by atoms with Gasteiger partial charge in [0.25, 0.3) is 0 Å². The molecule has 2 rings (SSSR count). The first-order chi connectivity index (χ1) is 8.16. The van der Waals surface area contributed by atoms with Gasteiger partial charge in [0.15, 0.2) is 0 Å². The maximum Gasteiger partial charge on any atom is 0.138 e. The van der Waals surface area contributed by atoms with Crippen LogP contribution in [-0.2, 0) is 6.54 Å². The van der Waals surface area contributed by atoms with Gasteiger partial charge in [0, 0.05) is 25.0 Å². The molecule has 5 heteroatoms. The Balaban J connectivity index is 2.01. The van der Waals surface area contributed by atoms with Gasteiger partial charge in [-0.3, -0.25) is 9.88 Å². The first-order valence-electron chi connectivity index (χ1n) is 5.71. The van der Waals surface area contributed by atoms with E-state index in [1.165, 1.54) is 5.56 Å². The standard InChI is InChI=1S/C12H17N3S2/c1-10(2)15-8-14(12(16)17-9-15)7-11-4-3-5-13-6-11/h3-6,10H,7-9H2,1-2H3. The van der Waals surface area contributed by atoms with Crippen LogP contribution in [0, 0.1) is 0 Å². The van der Waals surface area contributed by atoms with Crippen molar-refractivity contribution >= 4 is 28.3 Å². The highest BCUT2D eigenvalue weighted by Crippen LogP contribution is 2.22. The number of thiocarbonyl (C=S) groups is 1. The Morgan fingerprint density at radius 3 is 3.00 bits per heavy atom. The van der Waals surface area contributed by atoms with E-state index in [0.717, 1.165) is 23.4 Å². The van der Waals surface area contributed by atoms with Crippen molar-refractivity contribution in [3.63, 3.8) is 0 Å². The Bertz CT molecular complexity index is 381. The van der Waals surface area contributed by atoms with Gasteiger partial charge < -0.3 is 4.90 Å². The van der Waals surface area contributed by atoms with Gasteiger partial charge in [-0.25, -0.2) is 0 Å². The maximum atomic E-state index is 5.41. The number of hydrogen-bond acceptors (Lipinski definition) is 4. The van der Waals surface area contributed by atoms with E-state index in [0.29, 0.717) is 6.04 Å². The Kier molecular flexibility index (Phi) is 4.36. The SMILES string of the molecule is CC(C)N1CSC(=S)N(Cc2cccnc2)C1. The monoisotopic (exact) mass is 267 g/mol. The molecule has 1 aromatic heterocycles. The molecule has 1 fully saturated rings. The molecule has 2 heterocycles. The van der Waals surface area contributed by atoms with Gasteiger partial charge in [-0.15, -0.1) is 0 Å². The molecular weight excluding hydrogens is 250 g/mol. The molecule has 0 bridgehead atoms. The van der Waals surface area contributed by atoms with Gasteiger partial charge in [-0.05, 0) is 25.5 Å². The van der Waals surface area contributed by atoms with Crippen LogP contribution in [0.2, 0.25) is 0 Å². The summed E-state index contributed by atoms with van der Waals surface area (Å²) in [5.74, 6) is 1.00. The van der Waals surface area contributed by atoms with Crippen LogP contribution >= 0.6 is 24.0 Å². The van der Waals surface area contributed by atoms with Crippen LogP contribution in [0.1, 0.15) is 19.4 Å². The Labute approximate surface area is 112 Å². The van der Waals surface area contributed by atoms with Crippen molar-refractivity contribution in [1.82, 2.24) is 14.8 Å². The van der Waals surface area contributed by atoms with E-state index in [1.54, 1.807) is 18.0 Å². The molecule has 17 heavy (non-hydrogen) atoms. The average molecular weight is 267 g/mol. The molecule has 0 saturated carbocycles. The molecule has 0 spiro atoms. The normalized spacial score (nSPS) is 17.8. The fraction of sp³-hybridized carbons (Fsp3) is 0.500. The average Bonchev–Trinajstić information content (AvgIpc) is 2.33. The van der Waals surface area contributed by atoms with Gasteiger partial charge in [0.05, 0.1) is 12.5 Å². The predicted octanol–water partition coefficient (Wildman–Crippen LogP) is 2.54. The molecular formula is C12H17N3S2. The molecule has 1 saturated heterocycles. The lowest BCUT2D eigenvalue weighted by Crippen LogP contribution is -2.47. The van der Waals surface area contributed by atoms with Gasteiger partial charge >= 0.3 is 0 Å². The topological polar surface area (TPSA) is 19.4 Å². The van der Waals surface area contributed by atoms with Crippen LogP contribution in [0.5, 0.6) is 0 Å². The van der Waals surface area contributed by atoms with Gasteiger partial charge in [-0.2, -0.15) is 0 Å². The van der Waals surface area contributed by atoms with E-state index in [4.69, 9.17) is 12.2 Å². The summed E-state index contributed by atoms with van der Waals surface area (Å²) in [6.45, 7) is 6.20. The van der Waals surface area contributed by atoms with E-state index in [9.17, 15) is 0 Å². The van der Waals surface area contributed by atoms with Crippen molar-refractivity contribution in [2.75, 3.05) is 12.5 Å². The second kappa shape index (κ2) is 5.80. The summed E-state index contributed by atoms with van der Waals surface area (Å²) in [7, 11) is 0. The van der Waals surface area contributed by atoms with Gasteiger partial charge in [-0.1, -0.05) is 30.0 Å². The highest BCUT2D eigenvalue weighted by atomic mass is 32.2. The molecule has 3 nitrogen and oxygen atoms in total. The van der Waals surface area contributed by atoms with Crippen LogP contribution in [0.25, 0.3) is 0 Å². The minimum atomic E-state index is 0.557. The summed E-state index contributed by atoms with van der Waals surface area (Å²) in [6.07, 6.45) is 3.70. The summed E-state index contributed by atoms with van der Waals surface area (Å²) in [5.41, 5.74) is 1.21. The van der Waals surface area contributed by atoms with Crippen molar-refractivity contribution in [3.8, 4) is 0 Å². The lowest BCUT2D eigenvalue weighted by atomic mass is 10.3. The van der Waals surface area contributed by atoms with E-state index >= 15 is 0 Å². The van der Waals surface area contributed by atoms with Crippen molar-refractivity contribution in [1.29, 1.82) is 0 Å². The summed E-state index contributed by atoms with van der Waals surface area (Å²) >= 11 is 7.15. The molecule has 0 amide bonds. The Morgan fingerprint density at radius 2 is 2.35 bits per heavy atom. The zero-order valence-electron chi connectivity index (χ0n) is 10.2. The third-order valence-corrected chi connectivity index (χ3v) is 4.37. The lowest BCUT2D eigenvalue weighted by Gasteiger charge is -2.38. The van der Waals surface area contributed by atoms with Crippen LogP contribution in [0.3, 0.4) is 0 Å². The van der Waals surface area contributed by atoms with Crippen molar-refractivity contribution < 1.29 is 0 Å². The molecule has 0 aromatic carbocycles. The molecule has 0 unspecified atom stereocenters. The van der Waals surface area contributed by atoms with Crippen LogP contribution in [-0.4, -0.2) is 37.7 Å². The van der Waals surface area contributed by atoms with E-state index < -0.39 is 0 Å². The molecule has 0 N–H and O–H groups in total. The smallest absolute Gasteiger partial charge is 0.138 e. The molecule has 1 aliphatic heterocycles. The number of aromatic nitrogens is 1. The fourth-order valence-corrected chi connectivity index (χ4v) is 2.93. The Hall–Kier alpha value is -0.650.